The first-order valence-electron chi connectivity index (χ1n) is 5.14. The van der Waals surface area contributed by atoms with Gasteiger partial charge in [0, 0.05) is 16.8 Å². The van der Waals surface area contributed by atoms with Gasteiger partial charge in [-0.3, -0.25) is 0 Å². The van der Waals surface area contributed by atoms with Gasteiger partial charge in [0.1, 0.15) is 0 Å². The number of hydrogen-bond acceptors (Lipinski definition) is 2. The van der Waals surface area contributed by atoms with Crippen molar-refractivity contribution >= 4 is 11.6 Å². The summed E-state index contributed by atoms with van der Waals surface area (Å²) in [5.41, 5.74) is 8.89. The molecule has 2 rings (SSSR count). The largest absolute Gasteiger partial charge is 0.323 e. The molecule has 2 N–H and O–H groups in total. The number of aromatic nitrogens is 2. The monoisotopic (exact) mass is 235 g/mol. The van der Waals surface area contributed by atoms with Crippen LogP contribution in [-0.2, 0) is 0 Å². The van der Waals surface area contributed by atoms with Crippen LogP contribution < -0.4 is 5.73 Å². The molecule has 0 saturated carbocycles. The summed E-state index contributed by atoms with van der Waals surface area (Å²) in [5, 5.41) is 0.752. The van der Waals surface area contributed by atoms with E-state index in [-0.39, 0.29) is 6.04 Å². The Labute approximate surface area is 99.9 Å². The Morgan fingerprint density at radius 2 is 2.19 bits per heavy atom. The summed E-state index contributed by atoms with van der Waals surface area (Å²) in [4.78, 5) is 4.11. The topological polar surface area (TPSA) is 43.8 Å². The average molecular weight is 236 g/mol. The molecule has 16 heavy (non-hydrogen) atoms. The molecule has 0 spiro atoms. The zero-order chi connectivity index (χ0) is 11.7. The Hall–Kier alpha value is -1.32. The first kappa shape index (κ1) is 11.2. The van der Waals surface area contributed by atoms with Gasteiger partial charge in [-0.2, -0.15) is 0 Å². The van der Waals surface area contributed by atoms with Crippen molar-refractivity contribution in [1.82, 2.24) is 9.55 Å². The van der Waals surface area contributed by atoms with E-state index < -0.39 is 0 Å². The van der Waals surface area contributed by atoms with E-state index in [1.165, 1.54) is 0 Å². The summed E-state index contributed by atoms with van der Waals surface area (Å²) < 4.78 is 1.95. The molecule has 0 saturated heterocycles. The van der Waals surface area contributed by atoms with Crippen LogP contribution >= 0.6 is 11.6 Å². The van der Waals surface area contributed by atoms with Crippen LogP contribution in [0, 0.1) is 6.92 Å². The summed E-state index contributed by atoms with van der Waals surface area (Å²) in [7, 11) is 0. The molecule has 1 aromatic carbocycles. The number of halogens is 1. The molecular formula is C12H14ClN3. The molecule has 4 heteroatoms. The molecular weight excluding hydrogens is 222 g/mol. The lowest BCUT2D eigenvalue weighted by Gasteiger charge is -2.11. The van der Waals surface area contributed by atoms with Gasteiger partial charge in [0.15, 0.2) is 0 Å². The number of nitrogens with zero attached hydrogens (tertiary/aromatic N) is 2. The van der Waals surface area contributed by atoms with E-state index in [9.17, 15) is 0 Å². The molecule has 0 aliphatic heterocycles. The molecule has 3 nitrogen and oxygen atoms in total. The third kappa shape index (κ3) is 1.96. The molecule has 1 atom stereocenters. The molecule has 1 aromatic heterocycles. The minimum absolute atomic E-state index is 0.0532. The second kappa shape index (κ2) is 4.28. The maximum atomic E-state index is 6.10. The molecule has 2 aromatic rings. The normalized spacial score (nSPS) is 12.8. The highest BCUT2D eigenvalue weighted by Crippen LogP contribution is 2.22. The van der Waals surface area contributed by atoms with Gasteiger partial charge in [-0.25, -0.2) is 4.98 Å². The average Bonchev–Trinajstić information content (AvgIpc) is 2.71. The Balaban J connectivity index is 2.50. The minimum atomic E-state index is -0.0532. The third-order valence-corrected chi connectivity index (χ3v) is 2.97. The Morgan fingerprint density at radius 3 is 2.81 bits per heavy atom. The minimum Gasteiger partial charge on any atom is -0.323 e. The number of aryl methyl sites for hydroxylation is 1. The van der Waals surface area contributed by atoms with Crippen molar-refractivity contribution < 1.29 is 0 Å². The first-order chi connectivity index (χ1) is 7.59. The molecule has 84 valence electrons. The van der Waals surface area contributed by atoms with Crippen LogP contribution in [0.4, 0.5) is 0 Å². The van der Waals surface area contributed by atoms with Crippen LogP contribution in [0.2, 0.25) is 5.02 Å². The summed E-state index contributed by atoms with van der Waals surface area (Å²) in [6, 6.07) is 5.87. The summed E-state index contributed by atoms with van der Waals surface area (Å²) in [5.74, 6) is 0. The van der Waals surface area contributed by atoms with Crippen LogP contribution in [-0.4, -0.2) is 9.55 Å². The van der Waals surface area contributed by atoms with Gasteiger partial charge in [0.2, 0.25) is 0 Å². The number of hydrogen-bond donors (Lipinski definition) is 1. The Bertz CT molecular complexity index is 503. The highest BCUT2D eigenvalue weighted by molar-refractivity contribution is 6.31. The zero-order valence-electron chi connectivity index (χ0n) is 9.31. The van der Waals surface area contributed by atoms with Gasteiger partial charge in [0.05, 0.1) is 18.2 Å². The van der Waals surface area contributed by atoms with Crippen LogP contribution in [0.15, 0.2) is 30.7 Å². The Morgan fingerprint density at radius 1 is 1.44 bits per heavy atom. The summed E-state index contributed by atoms with van der Waals surface area (Å²) in [6.07, 6.45) is 3.53. The fourth-order valence-corrected chi connectivity index (χ4v) is 1.76. The van der Waals surface area contributed by atoms with E-state index in [0.29, 0.717) is 0 Å². The van der Waals surface area contributed by atoms with Crippen LogP contribution in [0.25, 0.3) is 5.69 Å². The lowest BCUT2D eigenvalue weighted by atomic mass is 10.2. The smallest absolute Gasteiger partial charge is 0.0994 e. The first-order valence-corrected chi connectivity index (χ1v) is 5.51. The molecule has 0 amide bonds. The van der Waals surface area contributed by atoms with Crippen molar-refractivity contribution in [2.24, 2.45) is 5.73 Å². The Kier molecular flexibility index (Phi) is 2.99. The second-order valence-electron chi connectivity index (χ2n) is 3.91. The predicted octanol–water partition coefficient (Wildman–Crippen LogP) is 2.85. The number of nitrogens with two attached hydrogens (primary N) is 1. The van der Waals surface area contributed by atoms with E-state index in [1.54, 1.807) is 12.5 Å². The van der Waals surface area contributed by atoms with E-state index in [1.807, 2.05) is 36.6 Å². The maximum Gasteiger partial charge on any atom is 0.0994 e. The lowest BCUT2D eigenvalue weighted by Crippen LogP contribution is -2.10. The highest BCUT2D eigenvalue weighted by Gasteiger charge is 2.08. The van der Waals surface area contributed by atoms with Crippen molar-refractivity contribution in [2.75, 3.05) is 0 Å². The van der Waals surface area contributed by atoms with E-state index >= 15 is 0 Å². The molecule has 0 radical (unpaired) electrons. The van der Waals surface area contributed by atoms with Gasteiger partial charge >= 0.3 is 0 Å². The highest BCUT2D eigenvalue weighted by atomic mass is 35.5. The predicted molar refractivity (Wildman–Crippen MR) is 65.9 cm³/mol. The van der Waals surface area contributed by atoms with Crippen molar-refractivity contribution in [2.45, 2.75) is 19.9 Å². The molecule has 0 fully saturated rings. The van der Waals surface area contributed by atoms with Crippen LogP contribution in [0.1, 0.15) is 24.2 Å². The van der Waals surface area contributed by atoms with Crippen LogP contribution in [0.3, 0.4) is 0 Å². The molecule has 1 unspecified atom stereocenters. The van der Waals surface area contributed by atoms with Gasteiger partial charge < -0.3 is 10.3 Å². The fraction of sp³-hybridized carbons (Fsp3) is 0.250. The summed E-state index contributed by atoms with van der Waals surface area (Å²) in [6.45, 7) is 3.91. The quantitative estimate of drug-likeness (QED) is 0.870. The third-order valence-electron chi connectivity index (χ3n) is 2.57. The SMILES string of the molecule is Cc1ccc(-n2cncc2C(C)N)cc1Cl. The fourth-order valence-electron chi connectivity index (χ4n) is 1.59. The maximum absolute atomic E-state index is 6.10. The van der Waals surface area contributed by atoms with Crippen molar-refractivity contribution in [3.05, 3.63) is 47.0 Å². The molecule has 0 aliphatic rings. The lowest BCUT2D eigenvalue weighted by molar-refractivity contribution is 0.752. The number of imidazole rings is 1. The van der Waals surface area contributed by atoms with E-state index in [2.05, 4.69) is 4.98 Å². The molecule has 1 heterocycles. The summed E-state index contributed by atoms with van der Waals surface area (Å²) >= 11 is 6.10. The van der Waals surface area contributed by atoms with Crippen molar-refractivity contribution in [3.8, 4) is 5.69 Å². The zero-order valence-corrected chi connectivity index (χ0v) is 10.1. The molecule has 0 aliphatic carbocycles. The molecule has 0 bridgehead atoms. The van der Waals surface area contributed by atoms with Crippen molar-refractivity contribution in [3.63, 3.8) is 0 Å². The van der Waals surface area contributed by atoms with Gasteiger partial charge in [-0.1, -0.05) is 17.7 Å². The van der Waals surface area contributed by atoms with E-state index in [0.717, 1.165) is 22.0 Å². The van der Waals surface area contributed by atoms with Gasteiger partial charge in [0.25, 0.3) is 0 Å². The van der Waals surface area contributed by atoms with Crippen molar-refractivity contribution in [1.29, 1.82) is 0 Å². The standard InChI is InChI=1S/C12H14ClN3/c1-8-3-4-10(5-11(8)13)16-7-15-6-12(16)9(2)14/h3-7,9H,14H2,1-2H3. The number of benzene rings is 1. The number of rotatable bonds is 2. The van der Waals surface area contributed by atoms with Crippen LogP contribution in [0.5, 0.6) is 0 Å². The van der Waals surface area contributed by atoms with E-state index in [4.69, 9.17) is 17.3 Å². The van der Waals surface area contributed by atoms with Gasteiger partial charge in [-0.15, -0.1) is 0 Å². The van der Waals surface area contributed by atoms with Gasteiger partial charge in [-0.05, 0) is 31.5 Å². The second-order valence-corrected chi connectivity index (χ2v) is 4.32.